The summed E-state index contributed by atoms with van der Waals surface area (Å²) in [6, 6.07) is 15.8. The SMILES string of the molecule is COc1ccccc1[CH-][CH-]c1ccccc1OC. The van der Waals surface area contributed by atoms with Crippen molar-refractivity contribution in [3.05, 3.63) is 72.5 Å². The molecule has 94 valence electrons. The molecule has 18 heavy (non-hydrogen) atoms. The molecule has 2 nitrogen and oxygen atoms in total. The number of ether oxygens (including phenoxy) is 2. The Morgan fingerprint density at radius 1 is 0.667 bits per heavy atom. The van der Waals surface area contributed by atoms with Gasteiger partial charge in [-0.2, -0.15) is 23.3 Å². The monoisotopic (exact) mass is 240 g/mol. The highest BCUT2D eigenvalue weighted by Crippen LogP contribution is 2.25. The fourth-order valence-corrected chi connectivity index (χ4v) is 1.79. The standard InChI is InChI=1S/C16H16O2/c1-17-15-9-5-3-7-13(15)11-12-14-8-4-6-10-16(14)18-2/h3-12H,1-2H3/q-2. The van der Waals surface area contributed by atoms with Gasteiger partial charge in [-0.25, -0.2) is 12.8 Å². The first-order valence-electron chi connectivity index (χ1n) is 5.79. The maximum atomic E-state index is 5.31. The Labute approximate surface area is 108 Å². The van der Waals surface area contributed by atoms with Crippen LogP contribution in [0.1, 0.15) is 11.1 Å². The van der Waals surface area contributed by atoms with Crippen LogP contribution in [0.4, 0.5) is 0 Å². The van der Waals surface area contributed by atoms with Gasteiger partial charge in [0, 0.05) is 11.5 Å². The quantitative estimate of drug-likeness (QED) is 0.745. The van der Waals surface area contributed by atoms with E-state index >= 15 is 0 Å². The number of hydrogen-bond acceptors (Lipinski definition) is 2. The van der Waals surface area contributed by atoms with E-state index in [4.69, 9.17) is 9.47 Å². The molecular weight excluding hydrogens is 224 g/mol. The van der Waals surface area contributed by atoms with Gasteiger partial charge in [0.2, 0.25) is 0 Å². The van der Waals surface area contributed by atoms with E-state index in [-0.39, 0.29) is 0 Å². The predicted molar refractivity (Wildman–Crippen MR) is 72.8 cm³/mol. The maximum absolute atomic E-state index is 5.31. The van der Waals surface area contributed by atoms with Crippen molar-refractivity contribution in [1.82, 2.24) is 0 Å². The molecule has 0 aliphatic heterocycles. The Balaban J connectivity index is 2.11. The zero-order valence-electron chi connectivity index (χ0n) is 10.6. The molecule has 0 aliphatic carbocycles. The second-order valence-electron chi connectivity index (χ2n) is 3.82. The lowest BCUT2D eigenvalue weighted by Crippen LogP contribution is -1.94. The molecule has 2 heteroatoms. The molecule has 0 amide bonds. The molecule has 0 unspecified atom stereocenters. The van der Waals surface area contributed by atoms with Crippen LogP contribution in [0.25, 0.3) is 0 Å². The number of methoxy groups -OCH3 is 2. The molecule has 2 aromatic rings. The van der Waals surface area contributed by atoms with E-state index in [9.17, 15) is 0 Å². The Kier molecular flexibility index (Phi) is 4.02. The molecule has 0 radical (unpaired) electrons. The molecule has 2 aromatic carbocycles. The molecule has 2 rings (SSSR count). The van der Waals surface area contributed by atoms with Crippen LogP contribution in [0, 0.1) is 12.8 Å². The number of rotatable bonds is 5. The zero-order valence-corrected chi connectivity index (χ0v) is 10.6. The molecule has 0 atom stereocenters. The summed E-state index contributed by atoms with van der Waals surface area (Å²) in [6.07, 6.45) is 4.05. The highest BCUT2D eigenvalue weighted by Gasteiger charge is 1.92. The van der Waals surface area contributed by atoms with Crippen molar-refractivity contribution in [2.24, 2.45) is 0 Å². The van der Waals surface area contributed by atoms with Crippen LogP contribution >= 0.6 is 0 Å². The molecule has 0 aliphatic rings. The number of hydrogen-bond donors (Lipinski definition) is 0. The first-order valence-corrected chi connectivity index (χ1v) is 5.79. The van der Waals surface area contributed by atoms with Gasteiger partial charge < -0.3 is 9.47 Å². The number of benzene rings is 2. The summed E-state index contributed by atoms with van der Waals surface area (Å²) in [5.74, 6) is 1.73. The van der Waals surface area contributed by atoms with E-state index in [2.05, 4.69) is 0 Å². The fourth-order valence-electron chi connectivity index (χ4n) is 1.79. The van der Waals surface area contributed by atoms with Gasteiger partial charge in [-0.1, -0.05) is 24.3 Å². The average molecular weight is 240 g/mol. The van der Waals surface area contributed by atoms with Crippen molar-refractivity contribution in [1.29, 1.82) is 0 Å². The minimum Gasteiger partial charge on any atom is -0.554 e. The summed E-state index contributed by atoms with van der Waals surface area (Å²) in [5.41, 5.74) is 2.09. The van der Waals surface area contributed by atoms with Gasteiger partial charge >= 0.3 is 0 Å². The molecule has 0 bridgehead atoms. The summed E-state index contributed by atoms with van der Waals surface area (Å²) in [6.45, 7) is 0. The molecule has 0 aromatic heterocycles. The number of para-hydroxylation sites is 2. The van der Waals surface area contributed by atoms with E-state index in [1.54, 1.807) is 14.2 Å². The Morgan fingerprint density at radius 3 is 1.44 bits per heavy atom. The van der Waals surface area contributed by atoms with Crippen LogP contribution in [0.5, 0.6) is 11.5 Å². The van der Waals surface area contributed by atoms with Crippen LogP contribution in [0.2, 0.25) is 0 Å². The summed E-state index contributed by atoms with van der Waals surface area (Å²) in [7, 11) is 3.35. The van der Waals surface area contributed by atoms with E-state index in [1.165, 1.54) is 0 Å². The molecular formula is C16H16O2-2. The van der Waals surface area contributed by atoms with Crippen molar-refractivity contribution in [3.63, 3.8) is 0 Å². The van der Waals surface area contributed by atoms with Crippen LogP contribution in [-0.2, 0) is 0 Å². The second kappa shape index (κ2) is 5.92. The van der Waals surface area contributed by atoms with Crippen molar-refractivity contribution >= 4 is 0 Å². The summed E-state index contributed by atoms with van der Waals surface area (Å²) in [5, 5.41) is 0. The minimum atomic E-state index is 0.864. The van der Waals surface area contributed by atoms with Crippen LogP contribution in [0.15, 0.2) is 48.5 Å². The second-order valence-corrected chi connectivity index (χ2v) is 3.82. The van der Waals surface area contributed by atoms with E-state index in [1.807, 2.05) is 61.4 Å². The third kappa shape index (κ3) is 2.72. The predicted octanol–water partition coefficient (Wildman–Crippen LogP) is 3.51. The topological polar surface area (TPSA) is 18.5 Å². The van der Waals surface area contributed by atoms with Gasteiger partial charge in [0.05, 0.1) is 14.2 Å². The lowest BCUT2D eigenvalue weighted by atomic mass is 10.0. The Hall–Kier alpha value is -2.22. The third-order valence-corrected chi connectivity index (χ3v) is 2.72. The van der Waals surface area contributed by atoms with Crippen molar-refractivity contribution in [3.8, 4) is 11.5 Å². The highest BCUT2D eigenvalue weighted by molar-refractivity contribution is 5.47. The molecule has 0 N–H and O–H groups in total. The molecule has 0 fully saturated rings. The highest BCUT2D eigenvalue weighted by atomic mass is 16.5. The third-order valence-electron chi connectivity index (χ3n) is 2.72. The van der Waals surface area contributed by atoms with Gasteiger partial charge in [0.1, 0.15) is 0 Å². The van der Waals surface area contributed by atoms with Gasteiger partial charge in [0.15, 0.2) is 0 Å². The molecule has 0 saturated carbocycles. The molecule has 0 heterocycles. The van der Waals surface area contributed by atoms with Gasteiger partial charge in [-0.3, -0.25) is 0 Å². The first-order chi connectivity index (χ1) is 8.85. The van der Waals surface area contributed by atoms with Crippen LogP contribution in [-0.4, -0.2) is 14.2 Å². The van der Waals surface area contributed by atoms with Crippen molar-refractivity contribution in [2.75, 3.05) is 14.2 Å². The van der Waals surface area contributed by atoms with E-state index < -0.39 is 0 Å². The van der Waals surface area contributed by atoms with E-state index in [0.29, 0.717) is 0 Å². The summed E-state index contributed by atoms with van der Waals surface area (Å²) in [4.78, 5) is 0. The fraction of sp³-hybridized carbons (Fsp3) is 0.125. The zero-order chi connectivity index (χ0) is 12.8. The first kappa shape index (κ1) is 12.2. The van der Waals surface area contributed by atoms with E-state index in [0.717, 1.165) is 22.6 Å². The Morgan fingerprint density at radius 2 is 1.06 bits per heavy atom. The van der Waals surface area contributed by atoms with Gasteiger partial charge in [-0.15, -0.1) is 12.1 Å². The van der Waals surface area contributed by atoms with Crippen LogP contribution < -0.4 is 9.47 Å². The minimum absolute atomic E-state index is 0.864. The smallest absolute Gasteiger partial charge is 0.0607 e. The van der Waals surface area contributed by atoms with Crippen LogP contribution in [0.3, 0.4) is 0 Å². The summed E-state index contributed by atoms with van der Waals surface area (Å²) >= 11 is 0. The van der Waals surface area contributed by atoms with Gasteiger partial charge in [-0.05, 0) is 0 Å². The lowest BCUT2D eigenvalue weighted by molar-refractivity contribution is 0.411. The maximum Gasteiger partial charge on any atom is 0.0607 e. The lowest BCUT2D eigenvalue weighted by Gasteiger charge is -2.23. The van der Waals surface area contributed by atoms with Crippen molar-refractivity contribution < 1.29 is 9.47 Å². The molecule has 0 saturated heterocycles. The van der Waals surface area contributed by atoms with Crippen molar-refractivity contribution in [2.45, 2.75) is 0 Å². The average Bonchev–Trinajstić information content (AvgIpc) is 2.45. The molecule has 0 spiro atoms. The van der Waals surface area contributed by atoms with Gasteiger partial charge in [0.25, 0.3) is 0 Å². The summed E-state index contributed by atoms with van der Waals surface area (Å²) < 4.78 is 10.6. The Bertz CT molecular complexity index is 458. The normalized spacial score (nSPS) is 9.67. The largest absolute Gasteiger partial charge is 0.554 e.